The van der Waals surface area contributed by atoms with Crippen LogP contribution in [0.4, 0.5) is 0 Å². The van der Waals surface area contributed by atoms with Crippen molar-refractivity contribution in [1.29, 1.82) is 0 Å². The lowest BCUT2D eigenvalue weighted by molar-refractivity contribution is -0.0519. The van der Waals surface area contributed by atoms with Gasteiger partial charge in [0.15, 0.2) is 0 Å². The van der Waals surface area contributed by atoms with Gasteiger partial charge in [-0.3, -0.25) is 0 Å². The van der Waals surface area contributed by atoms with Gasteiger partial charge in [0.2, 0.25) is 0 Å². The average Bonchev–Trinajstić information content (AvgIpc) is 2.76. The van der Waals surface area contributed by atoms with Gasteiger partial charge >= 0.3 is 0 Å². The third kappa shape index (κ3) is 1.87. The molecule has 0 amide bonds. The van der Waals surface area contributed by atoms with E-state index in [4.69, 9.17) is 0 Å². The van der Waals surface area contributed by atoms with Crippen molar-refractivity contribution in [3.05, 3.63) is 23.1 Å². The molecule has 0 aromatic carbocycles. The summed E-state index contributed by atoms with van der Waals surface area (Å²) in [7, 11) is 0. The van der Waals surface area contributed by atoms with Crippen LogP contribution in [0.2, 0.25) is 0 Å². The predicted octanol–water partition coefficient (Wildman–Crippen LogP) is 3.71. The topological polar surface area (TPSA) is 40.5 Å². The van der Waals surface area contributed by atoms with Gasteiger partial charge in [0.05, 0.1) is 6.10 Å². The van der Waals surface area contributed by atoms with Crippen molar-refractivity contribution in [2.75, 3.05) is 0 Å². The lowest BCUT2D eigenvalue weighted by Crippen LogP contribution is -2.49. The Balaban J connectivity index is 1.71. The monoisotopic (exact) mass is 306 g/mol. The second-order valence-corrected chi connectivity index (χ2v) is 9.13. The van der Waals surface area contributed by atoms with E-state index in [9.17, 15) is 10.2 Å². The fraction of sp³-hybridized carbons (Fsp3) is 0.778. The zero-order valence-corrected chi connectivity index (χ0v) is 13.8. The van der Waals surface area contributed by atoms with Crippen LogP contribution in [0.15, 0.2) is 23.1 Å². The maximum Gasteiger partial charge on any atom is 0.122 e. The molecule has 21 heavy (non-hydrogen) atoms. The third-order valence-corrected chi connectivity index (χ3v) is 8.38. The van der Waals surface area contributed by atoms with E-state index >= 15 is 0 Å². The molecule has 0 aromatic rings. The first-order valence-electron chi connectivity index (χ1n) is 8.38. The molecule has 2 saturated carbocycles. The summed E-state index contributed by atoms with van der Waals surface area (Å²) >= 11 is 1.63. The first-order valence-corrected chi connectivity index (χ1v) is 9.26. The Hall–Kier alpha value is -0.250. The van der Waals surface area contributed by atoms with Gasteiger partial charge in [0.1, 0.15) is 5.44 Å². The van der Waals surface area contributed by atoms with Crippen LogP contribution in [0.1, 0.15) is 46.0 Å². The van der Waals surface area contributed by atoms with E-state index in [-0.39, 0.29) is 22.4 Å². The molecule has 7 atom stereocenters. The van der Waals surface area contributed by atoms with Gasteiger partial charge in [0, 0.05) is 5.41 Å². The van der Waals surface area contributed by atoms with Crippen LogP contribution in [0.5, 0.6) is 0 Å². The molecule has 4 rings (SSSR count). The minimum absolute atomic E-state index is 0.0975. The van der Waals surface area contributed by atoms with Crippen LogP contribution in [-0.2, 0) is 0 Å². The Labute approximate surface area is 131 Å². The summed E-state index contributed by atoms with van der Waals surface area (Å²) in [5, 5.41) is 20.3. The summed E-state index contributed by atoms with van der Waals surface area (Å²) in [5.74, 6) is 2.05. The minimum atomic E-state index is -0.372. The molecule has 2 fully saturated rings. The molecular weight excluding hydrogens is 280 g/mol. The molecule has 2 nitrogen and oxygen atoms in total. The second kappa shape index (κ2) is 4.62. The zero-order chi connectivity index (χ0) is 14.8. The lowest BCUT2D eigenvalue weighted by atomic mass is 9.51. The van der Waals surface area contributed by atoms with E-state index in [0.717, 1.165) is 19.3 Å². The van der Waals surface area contributed by atoms with Crippen molar-refractivity contribution in [2.45, 2.75) is 57.5 Å². The van der Waals surface area contributed by atoms with E-state index in [0.29, 0.717) is 17.8 Å². The summed E-state index contributed by atoms with van der Waals surface area (Å²) in [6.07, 6.45) is 12.2. The molecular formula is C18H26O2S. The molecule has 4 aliphatic rings. The molecule has 3 aliphatic carbocycles. The van der Waals surface area contributed by atoms with Crippen LogP contribution in [-0.4, -0.2) is 21.8 Å². The highest BCUT2D eigenvalue weighted by molar-refractivity contribution is 8.03. The van der Waals surface area contributed by atoms with E-state index in [1.807, 2.05) is 6.08 Å². The quantitative estimate of drug-likeness (QED) is 0.670. The Kier molecular flexibility index (Phi) is 3.16. The van der Waals surface area contributed by atoms with Crippen LogP contribution >= 0.6 is 11.8 Å². The molecule has 2 N–H and O–H groups in total. The SMILES string of the molecule is C[C@]12C=CC(O)SC1=CC[C@@H]1[C@H]2CC[C@]2(C)C(O)CC[C@@H]12. The van der Waals surface area contributed by atoms with Gasteiger partial charge < -0.3 is 10.2 Å². The molecule has 0 radical (unpaired) electrons. The fourth-order valence-corrected chi connectivity index (χ4v) is 6.89. The molecule has 0 bridgehead atoms. The van der Waals surface area contributed by atoms with Gasteiger partial charge in [0.25, 0.3) is 0 Å². The summed E-state index contributed by atoms with van der Waals surface area (Å²) in [4.78, 5) is 1.38. The van der Waals surface area contributed by atoms with Crippen molar-refractivity contribution in [1.82, 2.24) is 0 Å². The molecule has 2 unspecified atom stereocenters. The number of hydrogen-bond acceptors (Lipinski definition) is 3. The minimum Gasteiger partial charge on any atom is -0.393 e. The first kappa shape index (κ1) is 14.3. The smallest absolute Gasteiger partial charge is 0.122 e. The molecule has 116 valence electrons. The summed E-state index contributed by atoms with van der Waals surface area (Å²) in [6.45, 7) is 4.68. The molecule has 1 aliphatic heterocycles. The maximum atomic E-state index is 10.4. The van der Waals surface area contributed by atoms with Crippen molar-refractivity contribution in [3.8, 4) is 0 Å². The molecule has 0 saturated heterocycles. The van der Waals surface area contributed by atoms with Gasteiger partial charge in [-0.2, -0.15) is 0 Å². The Morgan fingerprint density at radius 2 is 1.95 bits per heavy atom. The molecule has 1 heterocycles. The number of thioether (sulfide) groups is 1. The van der Waals surface area contributed by atoms with E-state index in [1.54, 1.807) is 11.8 Å². The highest BCUT2D eigenvalue weighted by atomic mass is 32.2. The van der Waals surface area contributed by atoms with Crippen molar-refractivity contribution < 1.29 is 10.2 Å². The summed E-state index contributed by atoms with van der Waals surface area (Å²) < 4.78 is 0. The fourth-order valence-electron chi connectivity index (χ4n) is 5.81. The van der Waals surface area contributed by atoms with Crippen LogP contribution in [0.3, 0.4) is 0 Å². The first-order chi connectivity index (χ1) is 9.95. The number of aliphatic hydroxyl groups is 2. The van der Waals surface area contributed by atoms with Crippen LogP contribution < -0.4 is 0 Å². The Bertz CT molecular complexity index is 513. The molecule has 0 spiro atoms. The van der Waals surface area contributed by atoms with E-state index in [2.05, 4.69) is 26.0 Å². The third-order valence-electron chi connectivity index (χ3n) is 7.12. The van der Waals surface area contributed by atoms with Gasteiger partial charge in [-0.25, -0.2) is 0 Å². The lowest BCUT2D eigenvalue weighted by Gasteiger charge is -2.55. The van der Waals surface area contributed by atoms with Crippen molar-refractivity contribution in [3.63, 3.8) is 0 Å². The normalized spacial score (nSPS) is 55.4. The van der Waals surface area contributed by atoms with Crippen LogP contribution in [0.25, 0.3) is 0 Å². The number of allylic oxidation sites excluding steroid dienone is 3. The zero-order valence-electron chi connectivity index (χ0n) is 13.0. The van der Waals surface area contributed by atoms with Crippen molar-refractivity contribution in [2.24, 2.45) is 28.6 Å². The number of aliphatic hydroxyl groups excluding tert-OH is 2. The maximum absolute atomic E-state index is 10.4. The van der Waals surface area contributed by atoms with Gasteiger partial charge in [-0.1, -0.05) is 37.8 Å². The average molecular weight is 306 g/mol. The Morgan fingerprint density at radius 1 is 1.14 bits per heavy atom. The second-order valence-electron chi connectivity index (χ2n) is 7.97. The number of fused-ring (bicyclic) bond motifs is 5. The highest BCUT2D eigenvalue weighted by Crippen LogP contribution is 2.64. The number of rotatable bonds is 0. The predicted molar refractivity (Wildman–Crippen MR) is 86.6 cm³/mol. The van der Waals surface area contributed by atoms with Gasteiger partial charge in [-0.15, -0.1) is 0 Å². The van der Waals surface area contributed by atoms with Crippen molar-refractivity contribution >= 4 is 11.8 Å². The van der Waals surface area contributed by atoms with E-state index in [1.165, 1.54) is 17.7 Å². The molecule has 3 heteroatoms. The number of hydrogen-bond donors (Lipinski definition) is 2. The summed E-state index contributed by atoms with van der Waals surface area (Å²) in [6, 6.07) is 0. The largest absolute Gasteiger partial charge is 0.393 e. The standard InChI is InChI=1S/C18H26O2S/c1-17-9-7-13-11(12(17)4-5-14(17)19)3-6-15-18(13,2)10-8-16(20)21-15/h6,8,10-14,16,19-20H,3-5,7,9H2,1-2H3/t11-,12-,13+,14?,16?,17-,18+/m0/s1. The van der Waals surface area contributed by atoms with E-state index < -0.39 is 0 Å². The van der Waals surface area contributed by atoms with Gasteiger partial charge in [-0.05, 0) is 66.3 Å². The van der Waals surface area contributed by atoms with Crippen LogP contribution in [0, 0.1) is 28.6 Å². The highest BCUT2D eigenvalue weighted by Gasteiger charge is 2.57. The summed E-state index contributed by atoms with van der Waals surface area (Å²) in [5.41, 5.74) is -0.113. The Morgan fingerprint density at radius 3 is 2.76 bits per heavy atom. The molecule has 0 aromatic heterocycles.